The van der Waals surface area contributed by atoms with Crippen LogP contribution in [0.3, 0.4) is 0 Å². The molecule has 0 saturated heterocycles. The van der Waals surface area contributed by atoms with Crippen molar-refractivity contribution >= 4 is 46.1 Å². The van der Waals surface area contributed by atoms with Crippen molar-refractivity contribution < 1.29 is 4.74 Å². The van der Waals surface area contributed by atoms with Crippen LogP contribution in [0, 0.1) is 0 Å². The van der Waals surface area contributed by atoms with Crippen LogP contribution in [0.2, 0.25) is 0 Å². The van der Waals surface area contributed by atoms with Gasteiger partial charge < -0.3 is 4.74 Å². The quantitative estimate of drug-likeness (QED) is 0.140. The average molecular weight is 536 g/mol. The first-order chi connectivity index (χ1) is 19.7. The Kier molecular flexibility index (Phi) is 7.58. The van der Waals surface area contributed by atoms with Gasteiger partial charge in [0.1, 0.15) is 28.9 Å². The Balaban J connectivity index is 1.32. The lowest BCUT2D eigenvalue weighted by molar-refractivity contribution is 0.415. The van der Waals surface area contributed by atoms with Crippen LogP contribution >= 0.6 is 7.26 Å². The van der Waals surface area contributed by atoms with E-state index in [0.29, 0.717) is 0 Å². The Morgan fingerprint density at radius 2 is 0.975 bits per heavy atom. The van der Waals surface area contributed by atoms with Crippen LogP contribution in [-0.2, 0) is 6.16 Å². The summed E-state index contributed by atoms with van der Waals surface area (Å²) >= 11 is 0. The predicted molar refractivity (Wildman–Crippen MR) is 175 cm³/mol. The normalized spacial score (nSPS) is 11.6. The van der Waals surface area contributed by atoms with E-state index in [9.17, 15) is 0 Å². The summed E-state index contributed by atoms with van der Waals surface area (Å²) in [7, 11) is -0.205. The molecule has 0 aliphatic carbocycles. The molecule has 6 aromatic carbocycles. The zero-order valence-electron chi connectivity index (χ0n) is 22.7. The van der Waals surface area contributed by atoms with Gasteiger partial charge in [-0.05, 0) is 82.1 Å². The van der Waals surface area contributed by atoms with E-state index in [1.54, 1.807) is 7.11 Å². The third kappa shape index (κ3) is 5.34. The van der Waals surface area contributed by atoms with E-state index in [-0.39, 0.29) is 0 Å². The molecule has 0 saturated carbocycles. The van der Waals surface area contributed by atoms with E-state index in [2.05, 4.69) is 158 Å². The van der Waals surface area contributed by atoms with E-state index in [1.165, 1.54) is 43.4 Å². The van der Waals surface area contributed by atoms with Gasteiger partial charge in [-0.1, -0.05) is 109 Å². The highest BCUT2D eigenvalue weighted by molar-refractivity contribution is 7.95. The molecule has 0 atom stereocenters. The van der Waals surface area contributed by atoms with Crippen LogP contribution in [0.25, 0.3) is 22.9 Å². The highest BCUT2D eigenvalue weighted by Crippen LogP contribution is 2.58. The van der Waals surface area contributed by atoms with Crippen molar-refractivity contribution in [3.05, 3.63) is 168 Å². The zero-order valence-corrected chi connectivity index (χ0v) is 23.5. The second kappa shape index (κ2) is 11.7. The van der Waals surface area contributed by atoms with Gasteiger partial charge in [0.05, 0.1) is 13.3 Å². The zero-order chi connectivity index (χ0) is 27.2. The minimum absolute atomic E-state index is 0.883. The molecule has 6 rings (SSSR count). The van der Waals surface area contributed by atoms with Crippen molar-refractivity contribution in [3.63, 3.8) is 0 Å². The lowest BCUT2D eigenvalue weighted by Crippen LogP contribution is -2.32. The maximum atomic E-state index is 5.36. The molecule has 0 aromatic heterocycles. The molecule has 194 valence electrons. The van der Waals surface area contributed by atoms with Crippen LogP contribution in [0.5, 0.6) is 5.75 Å². The summed E-state index contributed by atoms with van der Waals surface area (Å²) in [5.74, 6) is 0.883. The number of fused-ring (bicyclic) bond motifs is 1. The van der Waals surface area contributed by atoms with Crippen LogP contribution in [0.15, 0.2) is 152 Å². The Morgan fingerprint density at radius 3 is 1.52 bits per heavy atom. The van der Waals surface area contributed by atoms with Crippen molar-refractivity contribution in [1.82, 2.24) is 0 Å². The van der Waals surface area contributed by atoms with Gasteiger partial charge in [-0.15, -0.1) is 0 Å². The largest absolute Gasteiger partial charge is 0.497 e. The van der Waals surface area contributed by atoms with Crippen LogP contribution < -0.4 is 20.7 Å². The molecule has 0 bridgehead atoms. The van der Waals surface area contributed by atoms with E-state index in [1.807, 2.05) is 6.07 Å². The molecule has 0 amide bonds. The first kappa shape index (κ1) is 25.8. The fraction of sp³-hybridized carbons (Fsp3) is 0.0526. The van der Waals surface area contributed by atoms with Gasteiger partial charge in [-0.25, -0.2) is 0 Å². The molecule has 0 unspecified atom stereocenters. The van der Waals surface area contributed by atoms with Gasteiger partial charge >= 0.3 is 0 Å². The number of hydrogen-bond acceptors (Lipinski definition) is 1. The highest BCUT2D eigenvalue weighted by atomic mass is 31.2. The van der Waals surface area contributed by atoms with E-state index in [0.717, 1.165) is 11.9 Å². The monoisotopic (exact) mass is 535 g/mol. The summed E-state index contributed by atoms with van der Waals surface area (Å²) in [6, 6.07) is 55.1. The predicted octanol–water partition coefficient (Wildman–Crippen LogP) is 8.51. The second-order valence-electron chi connectivity index (χ2n) is 10.0. The molecule has 0 N–H and O–H groups in total. The Hall–Kier alpha value is -4.45. The maximum Gasteiger partial charge on any atom is 0.119 e. The van der Waals surface area contributed by atoms with E-state index < -0.39 is 7.26 Å². The second-order valence-corrected chi connectivity index (χ2v) is 13.5. The Morgan fingerprint density at radius 1 is 0.500 bits per heavy atom. The number of ether oxygens (including phenoxy) is 1. The van der Waals surface area contributed by atoms with Crippen LogP contribution in [0.4, 0.5) is 0 Å². The molecular weight excluding hydrogens is 503 g/mol. The lowest BCUT2D eigenvalue weighted by atomic mass is 10.1. The topological polar surface area (TPSA) is 9.23 Å². The fourth-order valence-corrected chi connectivity index (χ4v) is 9.69. The summed E-state index contributed by atoms with van der Waals surface area (Å²) in [6.07, 6.45) is 5.36. The first-order valence-corrected chi connectivity index (χ1v) is 15.6. The summed E-state index contributed by atoms with van der Waals surface area (Å²) in [5.41, 5.74) is 3.73. The molecule has 0 fully saturated rings. The molecule has 0 spiro atoms. The molecule has 40 heavy (non-hydrogen) atoms. The molecule has 1 nitrogen and oxygen atoms in total. The number of methoxy groups -OCH3 is 1. The molecule has 0 aliphatic rings. The maximum absolute atomic E-state index is 5.36. The molecule has 0 heterocycles. The number of hydrogen-bond donors (Lipinski definition) is 0. The lowest BCUT2D eigenvalue weighted by Gasteiger charge is -2.28. The molecule has 0 aliphatic heterocycles. The van der Waals surface area contributed by atoms with Crippen LogP contribution in [-0.4, -0.2) is 7.11 Å². The molecule has 6 aromatic rings. The Bertz CT molecular complexity index is 1630. The van der Waals surface area contributed by atoms with Gasteiger partial charge in [0.15, 0.2) is 0 Å². The van der Waals surface area contributed by atoms with Crippen molar-refractivity contribution in [2.24, 2.45) is 0 Å². The molecule has 0 radical (unpaired) electrons. The fourth-order valence-electron chi connectivity index (χ4n) is 5.44. The van der Waals surface area contributed by atoms with Crippen molar-refractivity contribution in [1.29, 1.82) is 0 Å². The van der Waals surface area contributed by atoms with E-state index in [4.69, 9.17) is 4.74 Å². The van der Waals surface area contributed by atoms with E-state index >= 15 is 0 Å². The van der Waals surface area contributed by atoms with Crippen molar-refractivity contribution in [2.45, 2.75) is 6.16 Å². The molecular formula is C38H32OP+. The molecule has 2 heteroatoms. The van der Waals surface area contributed by atoms with Gasteiger partial charge in [0.25, 0.3) is 0 Å². The van der Waals surface area contributed by atoms with Crippen molar-refractivity contribution in [3.8, 4) is 5.75 Å². The smallest absolute Gasteiger partial charge is 0.119 e. The summed E-state index contributed by atoms with van der Waals surface area (Å²) in [6.45, 7) is 0. The summed E-state index contributed by atoms with van der Waals surface area (Å²) in [4.78, 5) is 0. The highest BCUT2D eigenvalue weighted by Gasteiger charge is 2.45. The third-order valence-electron chi connectivity index (χ3n) is 7.53. The number of rotatable bonds is 8. The van der Waals surface area contributed by atoms with Gasteiger partial charge in [0, 0.05) is 0 Å². The van der Waals surface area contributed by atoms with Gasteiger partial charge in [-0.3, -0.25) is 0 Å². The first-order valence-electron chi connectivity index (χ1n) is 13.6. The van der Waals surface area contributed by atoms with Gasteiger partial charge in [-0.2, -0.15) is 0 Å². The number of benzene rings is 6. The van der Waals surface area contributed by atoms with Crippen molar-refractivity contribution in [2.75, 3.05) is 7.11 Å². The Labute approximate surface area is 237 Å². The minimum atomic E-state index is -1.91. The minimum Gasteiger partial charge on any atom is -0.497 e. The van der Waals surface area contributed by atoms with Crippen LogP contribution in [0.1, 0.15) is 16.7 Å². The standard InChI is InChI=1S/C38H32OP/c1-39-35-26-25-33-27-31(23-24-34(33)28-35)20-17-30-18-21-32(22-19-30)29-40(36-11-5-2-6-12-36,37-13-7-3-8-14-37)38-15-9-4-10-16-38/h2-28H,29H2,1H3/q+1/b20-17+. The SMILES string of the molecule is COc1ccc2cc(/C=C/c3ccc(C[P+](c4ccccc4)(c4ccccc4)c4ccccc4)cc3)ccc2c1. The average Bonchev–Trinajstić information content (AvgIpc) is 3.04. The summed E-state index contributed by atoms with van der Waals surface area (Å²) < 4.78 is 5.36. The summed E-state index contributed by atoms with van der Waals surface area (Å²) in [5, 5.41) is 6.62. The van der Waals surface area contributed by atoms with Gasteiger partial charge in [0.2, 0.25) is 0 Å². The third-order valence-corrected chi connectivity index (χ3v) is 11.9.